The van der Waals surface area contributed by atoms with Crippen LogP contribution in [-0.4, -0.2) is 87.0 Å². The number of nitrogens with two attached hydrogens (primary N) is 1. The highest BCUT2D eigenvalue weighted by Crippen LogP contribution is 2.47. The van der Waals surface area contributed by atoms with Crippen LogP contribution in [0.25, 0.3) is 22.2 Å². The van der Waals surface area contributed by atoms with Crippen molar-refractivity contribution in [2.75, 3.05) is 36.9 Å². The Bertz CT molecular complexity index is 1710. The summed E-state index contributed by atoms with van der Waals surface area (Å²) in [6.07, 6.45) is -2.51. The lowest BCUT2D eigenvalue weighted by Crippen LogP contribution is -2.62. The summed E-state index contributed by atoms with van der Waals surface area (Å²) in [7, 11) is 0. The molecule has 6 atom stereocenters. The highest BCUT2D eigenvalue weighted by atomic mass is 19.4. The quantitative estimate of drug-likeness (QED) is 0.406. The van der Waals surface area contributed by atoms with E-state index in [0.29, 0.717) is 25.3 Å². The van der Waals surface area contributed by atoms with E-state index in [-0.39, 0.29) is 53.3 Å². The highest BCUT2D eigenvalue weighted by Gasteiger charge is 2.50. The van der Waals surface area contributed by atoms with Crippen molar-refractivity contribution in [2.24, 2.45) is 0 Å². The molecule has 5 aliphatic heterocycles. The third-order valence-electron chi connectivity index (χ3n) is 10.2. The molecule has 4 fully saturated rings. The summed E-state index contributed by atoms with van der Waals surface area (Å²) in [5.41, 5.74) is 2.35. The van der Waals surface area contributed by atoms with E-state index in [9.17, 15) is 17.6 Å². The molecule has 0 saturated carbocycles. The van der Waals surface area contributed by atoms with Crippen molar-refractivity contribution >= 4 is 22.5 Å². The van der Waals surface area contributed by atoms with Crippen LogP contribution in [0.5, 0.6) is 11.9 Å². The molecule has 0 unspecified atom stereocenters. The second-order valence-electron chi connectivity index (χ2n) is 13.1. The summed E-state index contributed by atoms with van der Waals surface area (Å²) in [6, 6.07) is 0.841. The maximum Gasteiger partial charge on any atom is 0.418 e. The van der Waals surface area contributed by atoms with Crippen LogP contribution in [0.15, 0.2) is 6.07 Å². The number of hydrogen-bond acceptors (Lipinski definition) is 10. The number of anilines is 2. The summed E-state index contributed by atoms with van der Waals surface area (Å²) < 4.78 is 86.7. The number of nitrogens with one attached hydrogen (secondary N) is 1. The SMILES string of the molecule is Cc1nc(N)cc(-c2nc3c4c(nc(OC[C@@]56CCCN5C[C@H](F)C6)nc4c2F)N2C[C@H]4CC[C@H](N4)[C@H]2[C@H](C)O3)c1C(F)(F)F. The van der Waals surface area contributed by atoms with E-state index in [1.165, 1.54) is 0 Å². The normalized spacial score (nSPS) is 30.7. The van der Waals surface area contributed by atoms with E-state index in [0.717, 1.165) is 45.2 Å². The molecule has 0 aromatic carbocycles. The maximum absolute atomic E-state index is 16.7. The fourth-order valence-electron chi connectivity index (χ4n) is 8.42. The number of pyridine rings is 2. The standard InChI is InChI=1S/C30H33F5N8O2/c1-13-21(30(33,34)35)17(8-19(36)37-13)23-22(32)24-20-26(41-28(40-24)44-12-29-6-3-7-42(29)10-15(31)9-29)43-11-16-4-5-18(38-16)25(43)14(2)45-27(20)39-23/h8,14-16,18,25,38H,3-7,9-12H2,1-2H3,(H2,36,37)/t14-,15+,16+,18-,25+,29-/m0/s1. The van der Waals surface area contributed by atoms with E-state index < -0.39 is 52.3 Å². The van der Waals surface area contributed by atoms with Crippen molar-refractivity contribution < 1.29 is 31.4 Å². The Morgan fingerprint density at radius 3 is 2.80 bits per heavy atom. The Kier molecular flexibility index (Phi) is 6.38. The Morgan fingerprint density at radius 1 is 1.18 bits per heavy atom. The number of nitrogens with zero attached hydrogens (tertiary/aromatic N) is 6. The Balaban J connectivity index is 1.32. The molecule has 2 bridgehead atoms. The van der Waals surface area contributed by atoms with Gasteiger partial charge < -0.3 is 25.4 Å². The predicted octanol–water partition coefficient (Wildman–Crippen LogP) is 4.18. The number of fused-ring (bicyclic) bond motifs is 6. The molecule has 5 aliphatic rings. The van der Waals surface area contributed by atoms with E-state index in [4.69, 9.17) is 20.2 Å². The lowest BCUT2D eigenvalue weighted by atomic mass is 9.95. The Labute approximate surface area is 255 Å². The Morgan fingerprint density at radius 2 is 2.00 bits per heavy atom. The van der Waals surface area contributed by atoms with Gasteiger partial charge in [-0.1, -0.05) is 0 Å². The van der Waals surface area contributed by atoms with Crippen LogP contribution in [0, 0.1) is 12.7 Å². The number of halogens is 5. The fraction of sp³-hybridized carbons (Fsp3) is 0.600. The van der Waals surface area contributed by atoms with Crippen LogP contribution in [0.4, 0.5) is 33.6 Å². The smallest absolute Gasteiger partial charge is 0.418 e. The topological polar surface area (TPSA) is 115 Å². The number of aromatic nitrogens is 4. The average molecular weight is 633 g/mol. The van der Waals surface area contributed by atoms with Crippen molar-refractivity contribution in [2.45, 2.75) is 88.1 Å². The molecule has 8 rings (SSSR count). The van der Waals surface area contributed by atoms with Crippen LogP contribution in [0.2, 0.25) is 0 Å². The van der Waals surface area contributed by atoms with E-state index in [2.05, 4.69) is 30.1 Å². The second kappa shape index (κ2) is 9.95. The Hall–Kier alpha value is -3.59. The van der Waals surface area contributed by atoms with Gasteiger partial charge in [0.25, 0.3) is 0 Å². The zero-order valence-electron chi connectivity index (χ0n) is 24.8. The summed E-state index contributed by atoms with van der Waals surface area (Å²) >= 11 is 0. The van der Waals surface area contributed by atoms with Gasteiger partial charge in [0.2, 0.25) is 5.88 Å². The van der Waals surface area contributed by atoms with Crippen LogP contribution < -0.4 is 25.4 Å². The zero-order chi connectivity index (χ0) is 31.4. The maximum atomic E-state index is 16.7. The minimum Gasteiger partial charge on any atom is -0.472 e. The summed E-state index contributed by atoms with van der Waals surface area (Å²) in [6.45, 7) is 4.78. The molecule has 0 aliphatic carbocycles. The first-order chi connectivity index (χ1) is 21.4. The van der Waals surface area contributed by atoms with Gasteiger partial charge in [-0.2, -0.15) is 23.1 Å². The van der Waals surface area contributed by atoms with Crippen LogP contribution in [0.1, 0.15) is 50.3 Å². The molecule has 0 amide bonds. The highest BCUT2D eigenvalue weighted by molar-refractivity contribution is 5.97. The van der Waals surface area contributed by atoms with Crippen molar-refractivity contribution in [3.63, 3.8) is 0 Å². The van der Waals surface area contributed by atoms with Gasteiger partial charge in [0.15, 0.2) is 5.82 Å². The van der Waals surface area contributed by atoms with Gasteiger partial charge in [0.05, 0.1) is 22.8 Å². The molecule has 15 heteroatoms. The molecule has 10 nitrogen and oxygen atoms in total. The molecule has 3 N–H and O–H groups in total. The van der Waals surface area contributed by atoms with Crippen molar-refractivity contribution in [3.8, 4) is 23.1 Å². The zero-order valence-corrected chi connectivity index (χ0v) is 24.8. The molecular weight excluding hydrogens is 599 g/mol. The van der Waals surface area contributed by atoms with Crippen molar-refractivity contribution in [3.05, 3.63) is 23.1 Å². The number of alkyl halides is 4. The first-order valence-electron chi connectivity index (χ1n) is 15.4. The van der Waals surface area contributed by atoms with Crippen LogP contribution in [-0.2, 0) is 6.18 Å². The lowest BCUT2D eigenvalue weighted by molar-refractivity contribution is -0.137. The monoisotopic (exact) mass is 632 g/mol. The van der Waals surface area contributed by atoms with E-state index >= 15 is 4.39 Å². The number of aryl methyl sites for hydroxylation is 1. The molecule has 3 aromatic rings. The molecule has 240 valence electrons. The first-order valence-corrected chi connectivity index (χ1v) is 15.4. The van der Waals surface area contributed by atoms with Crippen molar-refractivity contribution in [1.29, 1.82) is 0 Å². The van der Waals surface area contributed by atoms with Crippen molar-refractivity contribution in [1.82, 2.24) is 30.2 Å². The molecule has 0 spiro atoms. The second-order valence-corrected chi connectivity index (χ2v) is 13.1. The first kappa shape index (κ1) is 28.9. The summed E-state index contributed by atoms with van der Waals surface area (Å²) in [4.78, 5) is 21.5. The van der Waals surface area contributed by atoms with Gasteiger partial charge >= 0.3 is 12.2 Å². The van der Waals surface area contributed by atoms with Gasteiger partial charge in [0.1, 0.15) is 47.1 Å². The fourth-order valence-corrected chi connectivity index (χ4v) is 8.42. The number of nitrogen functional groups attached to an aromatic ring is 1. The lowest BCUT2D eigenvalue weighted by Gasteiger charge is -2.42. The third kappa shape index (κ3) is 4.48. The molecule has 3 aromatic heterocycles. The van der Waals surface area contributed by atoms with Gasteiger partial charge in [0, 0.05) is 37.2 Å². The van der Waals surface area contributed by atoms with E-state index in [1.807, 2.05) is 6.92 Å². The number of piperazine rings is 1. The van der Waals surface area contributed by atoms with Gasteiger partial charge in [-0.15, -0.1) is 0 Å². The molecular formula is C30H33F5N8O2. The van der Waals surface area contributed by atoms with Gasteiger partial charge in [-0.3, -0.25) is 4.90 Å². The average Bonchev–Trinajstić information content (AvgIpc) is 3.60. The van der Waals surface area contributed by atoms with E-state index in [1.54, 1.807) is 0 Å². The van der Waals surface area contributed by atoms with Gasteiger partial charge in [-0.25, -0.2) is 18.7 Å². The largest absolute Gasteiger partial charge is 0.472 e. The predicted molar refractivity (Wildman–Crippen MR) is 154 cm³/mol. The number of hydrogen-bond donors (Lipinski definition) is 2. The number of ether oxygens (including phenoxy) is 2. The molecule has 4 saturated heterocycles. The van der Waals surface area contributed by atoms with Crippen LogP contribution in [0.3, 0.4) is 0 Å². The molecule has 8 heterocycles. The summed E-state index contributed by atoms with van der Waals surface area (Å²) in [5, 5.41) is 3.78. The molecule has 0 radical (unpaired) electrons. The van der Waals surface area contributed by atoms with Gasteiger partial charge in [-0.05, 0) is 52.1 Å². The number of rotatable bonds is 4. The molecule has 45 heavy (non-hydrogen) atoms. The minimum atomic E-state index is -4.87. The summed E-state index contributed by atoms with van der Waals surface area (Å²) in [5.74, 6) is -1.02. The van der Waals surface area contributed by atoms with Crippen LogP contribution >= 0.6 is 0 Å². The third-order valence-corrected chi connectivity index (χ3v) is 10.2. The minimum absolute atomic E-state index is 0.0529.